The molecule has 0 radical (unpaired) electrons. The Morgan fingerprint density at radius 2 is 1.67 bits per heavy atom. The fourth-order valence-electron chi connectivity index (χ4n) is 2.63. The largest absolute Gasteiger partial charge is 0.0890 e. The summed E-state index contributed by atoms with van der Waals surface area (Å²) in [5.41, 5.74) is 5.92. The number of benzene rings is 1. The quantitative estimate of drug-likeness (QED) is 0.650. The lowest BCUT2D eigenvalue weighted by atomic mass is 9.90. The first-order chi connectivity index (χ1) is 7.08. The lowest BCUT2D eigenvalue weighted by Crippen LogP contribution is -1.99. The molecule has 0 saturated heterocycles. The number of alkyl halides is 1. The summed E-state index contributed by atoms with van der Waals surface area (Å²) in [6, 6.07) is 4.74. The first kappa shape index (κ1) is 11.2. The van der Waals surface area contributed by atoms with Gasteiger partial charge >= 0.3 is 0 Å². The van der Waals surface area contributed by atoms with Gasteiger partial charge in [0.15, 0.2) is 0 Å². The average Bonchev–Trinajstić information content (AvgIpc) is 2.58. The molecule has 2 rings (SSSR count). The van der Waals surface area contributed by atoms with E-state index in [1.165, 1.54) is 36.0 Å². The Balaban J connectivity index is 2.32. The van der Waals surface area contributed by atoms with Gasteiger partial charge < -0.3 is 0 Å². The Morgan fingerprint density at radius 3 is 2.27 bits per heavy atom. The van der Waals surface area contributed by atoms with Crippen molar-refractivity contribution in [3.8, 4) is 0 Å². The lowest BCUT2D eigenvalue weighted by molar-refractivity contribution is 0.719. The van der Waals surface area contributed by atoms with Crippen molar-refractivity contribution in [2.24, 2.45) is 0 Å². The van der Waals surface area contributed by atoms with Crippen LogP contribution in [-0.4, -0.2) is 4.83 Å². The van der Waals surface area contributed by atoms with Gasteiger partial charge in [-0.25, -0.2) is 0 Å². The van der Waals surface area contributed by atoms with E-state index in [1.807, 2.05) is 0 Å². The van der Waals surface area contributed by atoms with Crippen LogP contribution in [0.2, 0.25) is 0 Å². The van der Waals surface area contributed by atoms with Gasteiger partial charge in [-0.3, -0.25) is 0 Å². The summed E-state index contributed by atoms with van der Waals surface area (Å²) in [5.74, 6) is 0.786. The van der Waals surface area contributed by atoms with Gasteiger partial charge in [-0.05, 0) is 68.2 Å². The first-order valence-corrected chi connectivity index (χ1v) is 6.71. The summed E-state index contributed by atoms with van der Waals surface area (Å²) in [7, 11) is 0. The summed E-state index contributed by atoms with van der Waals surface area (Å²) in [5, 5.41) is 0. The van der Waals surface area contributed by atoms with Gasteiger partial charge in [-0.1, -0.05) is 28.1 Å². The molecule has 0 spiro atoms. The van der Waals surface area contributed by atoms with Crippen molar-refractivity contribution in [3.63, 3.8) is 0 Å². The molecule has 0 bridgehead atoms. The second kappa shape index (κ2) is 4.29. The van der Waals surface area contributed by atoms with E-state index in [-0.39, 0.29) is 0 Å². The molecule has 1 aromatic carbocycles. The maximum atomic E-state index is 3.73. The summed E-state index contributed by atoms with van der Waals surface area (Å²) in [6.45, 7) is 6.68. The van der Waals surface area contributed by atoms with Crippen molar-refractivity contribution in [2.75, 3.05) is 0 Å². The summed E-state index contributed by atoms with van der Waals surface area (Å²) in [6.07, 6.45) is 3.99. The van der Waals surface area contributed by atoms with Gasteiger partial charge in [0.1, 0.15) is 0 Å². The van der Waals surface area contributed by atoms with Gasteiger partial charge in [0, 0.05) is 4.83 Å². The van der Waals surface area contributed by atoms with Crippen molar-refractivity contribution in [3.05, 3.63) is 34.4 Å². The maximum Gasteiger partial charge on any atom is 0.0151 e. The molecule has 2 unspecified atom stereocenters. The Hall–Kier alpha value is -0.300. The van der Waals surface area contributed by atoms with Gasteiger partial charge in [0.25, 0.3) is 0 Å². The van der Waals surface area contributed by atoms with E-state index in [4.69, 9.17) is 0 Å². The molecule has 1 aromatic rings. The molecule has 1 aliphatic carbocycles. The van der Waals surface area contributed by atoms with Crippen LogP contribution >= 0.6 is 15.9 Å². The molecule has 0 aliphatic heterocycles. The van der Waals surface area contributed by atoms with Crippen LogP contribution < -0.4 is 0 Å². The third kappa shape index (κ3) is 2.28. The van der Waals surface area contributed by atoms with Crippen molar-refractivity contribution >= 4 is 15.9 Å². The van der Waals surface area contributed by atoms with Crippen molar-refractivity contribution in [1.29, 1.82) is 0 Å². The zero-order valence-electron chi connectivity index (χ0n) is 9.81. The number of hydrogen-bond acceptors (Lipinski definition) is 0. The van der Waals surface area contributed by atoms with Crippen LogP contribution in [0, 0.1) is 20.8 Å². The minimum atomic E-state index is 0.739. The molecule has 0 nitrogen and oxygen atoms in total. The van der Waals surface area contributed by atoms with E-state index in [1.54, 1.807) is 5.56 Å². The van der Waals surface area contributed by atoms with E-state index in [0.29, 0.717) is 0 Å². The van der Waals surface area contributed by atoms with E-state index in [9.17, 15) is 0 Å². The third-order valence-electron chi connectivity index (χ3n) is 3.69. The zero-order valence-corrected chi connectivity index (χ0v) is 11.4. The number of hydrogen-bond donors (Lipinski definition) is 0. The second-order valence-electron chi connectivity index (χ2n) is 4.90. The maximum absolute atomic E-state index is 3.73. The highest BCUT2D eigenvalue weighted by atomic mass is 79.9. The molecule has 1 saturated carbocycles. The Bertz CT molecular complexity index is 368. The lowest BCUT2D eigenvalue weighted by Gasteiger charge is -2.15. The van der Waals surface area contributed by atoms with Crippen LogP contribution in [0.5, 0.6) is 0 Å². The molecule has 0 aromatic heterocycles. The Labute approximate surface area is 101 Å². The number of aryl methyl sites for hydroxylation is 3. The van der Waals surface area contributed by atoms with E-state index in [2.05, 4.69) is 48.8 Å². The smallest absolute Gasteiger partial charge is 0.0151 e. The minimum Gasteiger partial charge on any atom is -0.0890 e. The van der Waals surface area contributed by atoms with Crippen molar-refractivity contribution in [2.45, 2.75) is 50.8 Å². The number of rotatable bonds is 1. The van der Waals surface area contributed by atoms with Crippen LogP contribution in [0.4, 0.5) is 0 Å². The van der Waals surface area contributed by atoms with Gasteiger partial charge in [-0.2, -0.15) is 0 Å². The van der Waals surface area contributed by atoms with Crippen LogP contribution in [0.1, 0.15) is 47.4 Å². The molecule has 15 heavy (non-hydrogen) atoms. The Kier molecular flexibility index (Phi) is 3.20. The second-order valence-corrected chi connectivity index (χ2v) is 6.20. The number of halogens is 1. The summed E-state index contributed by atoms with van der Waals surface area (Å²) >= 11 is 3.73. The van der Waals surface area contributed by atoms with E-state index in [0.717, 1.165) is 10.7 Å². The molecule has 1 aliphatic rings. The molecular weight excluding hydrogens is 248 g/mol. The highest BCUT2D eigenvalue weighted by Crippen LogP contribution is 2.39. The van der Waals surface area contributed by atoms with E-state index >= 15 is 0 Å². The molecule has 1 heteroatoms. The third-order valence-corrected chi connectivity index (χ3v) is 4.52. The van der Waals surface area contributed by atoms with Crippen LogP contribution in [0.25, 0.3) is 0 Å². The molecular formula is C14H19Br. The summed E-state index contributed by atoms with van der Waals surface area (Å²) in [4.78, 5) is 0.739. The van der Waals surface area contributed by atoms with Crippen LogP contribution in [-0.2, 0) is 0 Å². The normalized spacial score (nSPS) is 25.9. The Morgan fingerprint density at radius 1 is 1.00 bits per heavy atom. The van der Waals surface area contributed by atoms with Gasteiger partial charge in [0.05, 0.1) is 0 Å². The fraction of sp³-hybridized carbons (Fsp3) is 0.571. The monoisotopic (exact) mass is 266 g/mol. The fourth-order valence-corrected chi connectivity index (χ4v) is 3.35. The van der Waals surface area contributed by atoms with Crippen LogP contribution in [0.3, 0.4) is 0 Å². The molecule has 1 fully saturated rings. The zero-order chi connectivity index (χ0) is 11.0. The highest BCUT2D eigenvalue weighted by molar-refractivity contribution is 9.09. The molecule has 0 amide bonds. The minimum absolute atomic E-state index is 0.739. The van der Waals surface area contributed by atoms with E-state index < -0.39 is 0 Å². The van der Waals surface area contributed by atoms with Crippen LogP contribution in [0.15, 0.2) is 12.1 Å². The molecule has 82 valence electrons. The molecule has 2 atom stereocenters. The first-order valence-electron chi connectivity index (χ1n) is 5.79. The SMILES string of the molecule is Cc1cc(C)c(C2CCC(Br)C2)cc1C. The highest BCUT2D eigenvalue weighted by Gasteiger charge is 2.25. The van der Waals surface area contributed by atoms with Gasteiger partial charge in [-0.15, -0.1) is 0 Å². The average molecular weight is 267 g/mol. The van der Waals surface area contributed by atoms with Crippen molar-refractivity contribution in [1.82, 2.24) is 0 Å². The standard InChI is InChI=1S/C14H19Br/c1-9-6-11(3)14(7-10(9)2)12-4-5-13(15)8-12/h6-7,12-13H,4-5,8H2,1-3H3. The van der Waals surface area contributed by atoms with Crippen molar-refractivity contribution < 1.29 is 0 Å². The predicted octanol–water partition coefficient (Wildman–Crippen LogP) is 4.64. The molecule has 0 N–H and O–H groups in total. The van der Waals surface area contributed by atoms with Gasteiger partial charge in [0.2, 0.25) is 0 Å². The summed E-state index contributed by atoms with van der Waals surface area (Å²) < 4.78 is 0. The molecule has 0 heterocycles. The topological polar surface area (TPSA) is 0 Å². The predicted molar refractivity (Wildman–Crippen MR) is 70.0 cm³/mol.